The second-order valence-electron chi connectivity index (χ2n) is 6.02. The number of hydrogen-bond acceptors (Lipinski definition) is 4. The fourth-order valence-corrected chi connectivity index (χ4v) is 3.00. The van der Waals surface area contributed by atoms with Crippen LogP contribution in [-0.4, -0.2) is 49.6 Å². The molecule has 1 amide bonds. The lowest BCUT2D eigenvalue weighted by Crippen LogP contribution is -2.52. The molecule has 1 heterocycles. The highest BCUT2D eigenvalue weighted by Gasteiger charge is 2.22. The third kappa shape index (κ3) is 4.94. The Bertz CT molecular complexity index is 507. The molecule has 1 unspecified atom stereocenters. The van der Waals surface area contributed by atoms with Crippen LogP contribution in [0, 0.1) is 0 Å². The van der Waals surface area contributed by atoms with E-state index in [0.29, 0.717) is 19.2 Å². The van der Waals surface area contributed by atoms with Crippen molar-refractivity contribution in [3.05, 3.63) is 29.8 Å². The van der Waals surface area contributed by atoms with E-state index in [1.165, 1.54) is 0 Å². The van der Waals surface area contributed by atoms with E-state index in [2.05, 4.69) is 29.4 Å². The third-order valence-corrected chi connectivity index (χ3v) is 4.32. The van der Waals surface area contributed by atoms with Gasteiger partial charge < -0.3 is 15.4 Å². The molecule has 2 rings (SSSR count). The van der Waals surface area contributed by atoms with Gasteiger partial charge in [-0.05, 0) is 26.3 Å². The van der Waals surface area contributed by atoms with Crippen LogP contribution in [0.15, 0.2) is 24.3 Å². The highest BCUT2D eigenvalue weighted by Crippen LogP contribution is 2.27. The van der Waals surface area contributed by atoms with Crippen molar-refractivity contribution >= 4 is 5.91 Å². The monoisotopic (exact) mass is 319 g/mol. The first-order chi connectivity index (χ1) is 11.2. The summed E-state index contributed by atoms with van der Waals surface area (Å²) in [7, 11) is 0. The van der Waals surface area contributed by atoms with Gasteiger partial charge in [-0.1, -0.05) is 25.1 Å². The largest absolute Gasteiger partial charge is 0.494 e. The summed E-state index contributed by atoms with van der Waals surface area (Å²) in [5.41, 5.74) is 1.05. The van der Waals surface area contributed by atoms with Crippen molar-refractivity contribution in [2.45, 2.75) is 39.3 Å². The summed E-state index contributed by atoms with van der Waals surface area (Å²) in [5.74, 6) is 0.939. The molecule has 0 bridgehead atoms. The van der Waals surface area contributed by atoms with Gasteiger partial charge in [0.1, 0.15) is 5.75 Å². The van der Waals surface area contributed by atoms with E-state index in [1.807, 2.05) is 31.2 Å². The van der Waals surface area contributed by atoms with E-state index in [0.717, 1.165) is 37.4 Å². The lowest BCUT2D eigenvalue weighted by atomic mass is 10.0. The predicted octanol–water partition coefficient (Wildman–Crippen LogP) is 1.95. The van der Waals surface area contributed by atoms with Gasteiger partial charge in [0, 0.05) is 31.2 Å². The summed E-state index contributed by atoms with van der Waals surface area (Å²) in [6.07, 6.45) is 0.840. The molecule has 23 heavy (non-hydrogen) atoms. The Hall–Kier alpha value is -1.59. The Labute approximate surface area is 139 Å². The van der Waals surface area contributed by atoms with Crippen LogP contribution in [0.25, 0.3) is 0 Å². The fourth-order valence-electron chi connectivity index (χ4n) is 3.00. The van der Waals surface area contributed by atoms with Gasteiger partial charge in [-0.25, -0.2) is 0 Å². The minimum Gasteiger partial charge on any atom is -0.494 e. The Morgan fingerprint density at radius 1 is 1.43 bits per heavy atom. The van der Waals surface area contributed by atoms with Crippen molar-refractivity contribution < 1.29 is 9.53 Å². The van der Waals surface area contributed by atoms with Crippen LogP contribution in [0.4, 0.5) is 0 Å². The average Bonchev–Trinajstić information content (AvgIpc) is 2.56. The number of ether oxygens (including phenoxy) is 1. The lowest BCUT2D eigenvalue weighted by molar-refractivity contribution is -0.123. The van der Waals surface area contributed by atoms with Crippen LogP contribution in [0.1, 0.15) is 38.8 Å². The van der Waals surface area contributed by atoms with Crippen molar-refractivity contribution in [3.63, 3.8) is 0 Å². The SMILES string of the molecule is CCOc1ccccc1C(CC)NC(=O)CN1CCNC[C@@H]1C. The summed E-state index contributed by atoms with van der Waals surface area (Å²) in [6.45, 7) is 10.1. The molecule has 1 saturated heterocycles. The van der Waals surface area contributed by atoms with Gasteiger partial charge in [-0.2, -0.15) is 0 Å². The molecule has 1 aromatic rings. The van der Waals surface area contributed by atoms with Crippen molar-refractivity contribution in [3.8, 4) is 5.75 Å². The predicted molar refractivity (Wildman–Crippen MR) is 92.7 cm³/mol. The van der Waals surface area contributed by atoms with E-state index in [4.69, 9.17) is 4.74 Å². The van der Waals surface area contributed by atoms with E-state index in [-0.39, 0.29) is 11.9 Å². The first-order valence-electron chi connectivity index (χ1n) is 8.61. The summed E-state index contributed by atoms with van der Waals surface area (Å²) in [5, 5.41) is 6.52. The number of carbonyl (C=O) groups excluding carboxylic acids is 1. The molecule has 128 valence electrons. The number of rotatable bonds is 7. The fraction of sp³-hybridized carbons (Fsp3) is 0.611. The van der Waals surface area contributed by atoms with Crippen molar-refractivity contribution in [2.75, 3.05) is 32.8 Å². The highest BCUT2D eigenvalue weighted by molar-refractivity contribution is 5.78. The van der Waals surface area contributed by atoms with Gasteiger partial charge in [0.15, 0.2) is 0 Å². The standard InChI is InChI=1S/C18H29N3O2/c1-4-16(15-8-6-7-9-17(15)23-5-2)20-18(22)13-21-11-10-19-12-14(21)3/h6-9,14,16,19H,4-5,10-13H2,1-3H3,(H,20,22)/t14-,16?/m0/s1. The number of nitrogens with zero attached hydrogens (tertiary/aromatic N) is 1. The zero-order chi connectivity index (χ0) is 16.7. The number of para-hydroxylation sites is 1. The Morgan fingerprint density at radius 3 is 2.91 bits per heavy atom. The Kier molecular flexibility index (Phi) is 6.86. The van der Waals surface area contributed by atoms with E-state index in [9.17, 15) is 4.79 Å². The Balaban J connectivity index is 2.00. The molecule has 1 aliphatic rings. The molecule has 1 aliphatic heterocycles. The van der Waals surface area contributed by atoms with Crippen LogP contribution < -0.4 is 15.4 Å². The molecule has 5 nitrogen and oxygen atoms in total. The first kappa shape index (κ1) is 17.8. The van der Waals surface area contributed by atoms with Gasteiger partial charge in [-0.3, -0.25) is 9.69 Å². The van der Waals surface area contributed by atoms with Crippen molar-refractivity contribution in [1.82, 2.24) is 15.5 Å². The van der Waals surface area contributed by atoms with E-state index >= 15 is 0 Å². The topological polar surface area (TPSA) is 53.6 Å². The second kappa shape index (κ2) is 8.89. The Morgan fingerprint density at radius 2 is 2.22 bits per heavy atom. The summed E-state index contributed by atoms with van der Waals surface area (Å²) < 4.78 is 5.70. The van der Waals surface area contributed by atoms with Crippen molar-refractivity contribution in [1.29, 1.82) is 0 Å². The van der Waals surface area contributed by atoms with Crippen LogP contribution in [0.2, 0.25) is 0 Å². The summed E-state index contributed by atoms with van der Waals surface area (Å²) >= 11 is 0. The maximum Gasteiger partial charge on any atom is 0.234 e. The summed E-state index contributed by atoms with van der Waals surface area (Å²) in [4.78, 5) is 14.7. The third-order valence-electron chi connectivity index (χ3n) is 4.32. The number of piperazine rings is 1. The van der Waals surface area contributed by atoms with Gasteiger partial charge in [-0.15, -0.1) is 0 Å². The molecule has 5 heteroatoms. The number of benzene rings is 1. The molecular formula is C18H29N3O2. The normalized spacial score (nSPS) is 20.0. The van der Waals surface area contributed by atoms with Gasteiger partial charge >= 0.3 is 0 Å². The molecule has 0 radical (unpaired) electrons. The van der Waals surface area contributed by atoms with Crippen LogP contribution in [0.3, 0.4) is 0 Å². The molecule has 0 saturated carbocycles. The van der Waals surface area contributed by atoms with Gasteiger partial charge in [0.2, 0.25) is 5.91 Å². The maximum atomic E-state index is 12.5. The van der Waals surface area contributed by atoms with Crippen LogP contribution >= 0.6 is 0 Å². The second-order valence-corrected chi connectivity index (χ2v) is 6.02. The van der Waals surface area contributed by atoms with Gasteiger partial charge in [0.05, 0.1) is 19.2 Å². The molecule has 2 N–H and O–H groups in total. The molecular weight excluding hydrogens is 290 g/mol. The highest BCUT2D eigenvalue weighted by atomic mass is 16.5. The quantitative estimate of drug-likeness (QED) is 0.806. The van der Waals surface area contributed by atoms with E-state index < -0.39 is 0 Å². The zero-order valence-corrected chi connectivity index (χ0v) is 14.5. The first-order valence-corrected chi connectivity index (χ1v) is 8.61. The summed E-state index contributed by atoms with van der Waals surface area (Å²) in [6, 6.07) is 8.34. The maximum absolute atomic E-state index is 12.5. The molecule has 0 aliphatic carbocycles. The molecule has 1 fully saturated rings. The lowest BCUT2D eigenvalue weighted by Gasteiger charge is -2.33. The van der Waals surface area contributed by atoms with E-state index in [1.54, 1.807) is 0 Å². The number of amides is 1. The molecule has 1 aromatic carbocycles. The van der Waals surface area contributed by atoms with Crippen LogP contribution in [0.5, 0.6) is 5.75 Å². The number of carbonyl (C=O) groups is 1. The van der Waals surface area contributed by atoms with Crippen molar-refractivity contribution in [2.24, 2.45) is 0 Å². The average molecular weight is 319 g/mol. The zero-order valence-electron chi connectivity index (χ0n) is 14.5. The minimum atomic E-state index is -0.0107. The molecule has 0 aromatic heterocycles. The van der Waals surface area contributed by atoms with Gasteiger partial charge in [0.25, 0.3) is 0 Å². The molecule has 0 spiro atoms. The smallest absolute Gasteiger partial charge is 0.234 e. The molecule has 2 atom stereocenters. The number of nitrogens with one attached hydrogen (secondary N) is 2. The number of hydrogen-bond donors (Lipinski definition) is 2. The van der Waals surface area contributed by atoms with Crippen LogP contribution in [-0.2, 0) is 4.79 Å². The minimum absolute atomic E-state index is 0.0107.